The maximum atomic E-state index is 11.3. The number of ether oxygens (including phenoxy) is 2. The van der Waals surface area contributed by atoms with E-state index in [0.29, 0.717) is 12.2 Å². The minimum Gasteiger partial charge on any atom is -0.485 e. The van der Waals surface area contributed by atoms with Gasteiger partial charge in [0.05, 0.1) is 12.3 Å². The summed E-state index contributed by atoms with van der Waals surface area (Å²) < 4.78 is 11.3. The van der Waals surface area contributed by atoms with E-state index in [-0.39, 0.29) is 18.0 Å². The first-order chi connectivity index (χ1) is 13.2. The molecule has 0 aliphatic heterocycles. The molecule has 0 saturated carbocycles. The van der Waals surface area contributed by atoms with Crippen molar-refractivity contribution in [2.75, 3.05) is 13.7 Å². The molecule has 0 fully saturated rings. The molecule has 1 atom stereocenters. The van der Waals surface area contributed by atoms with Crippen LogP contribution in [0.15, 0.2) is 54.0 Å². The fourth-order valence-corrected chi connectivity index (χ4v) is 3.39. The number of aromatic nitrogens is 2. The number of benzene rings is 1. The second kappa shape index (κ2) is 9.34. The van der Waals surface area contributed by atoms with E-state index in [0.717, 1.165) is 16.1 Å². The molecule has 3 aromatic rings. The van der Waals surface area contributed by atoms with Crippen LogP contribution in [-0.2, 0) is 4.74 Å². The van der Waals surface area contributed by atoms with E-state index < -0.39 is 6.09 Å². The average Bonchev–Trinajstić information content (AvgIpc) is 3.22. The summed E-state index contributed by atoms with van der Waals surface area (Å²) in [5.74, 6) is 0.695. The summed E-state index contributed by atoms with van der Waals surface area (Å²) in [5.41, 5.74) is 1.60. The molecule has 3 rings (SSSR count). The number of hydrogen-bond acceptors (Lipinski definition) is 6. The van der Waals surface area contributed by atoms with Gasteiger partial charge in [-0.15, -0.1) is 11.3 Å². The first-order valence-corrected chi connectivity index (χ1v) is 9.55. The van der Waals surface area contributed by atoms with Gasteiger partial charge in [-0.1, -0.05) is 18.2 Å². The SMILES string of the molecule is CNC(=O)OCCC(Oc1cccc(-c2ccnc(Cl)n2)c1)c1cccs1. The lowest BCUT2D eigenvalue weighted by Crippen LogP contribution is -2.21. The van der Waals surface area contributed by atoms with Crippen molar-refractivity contribution < 1.29 is 14.3 Å². The van der Waals surface area contributed by atoms with Gasteiger partial charge in [0, 0.05) is 30.1 Å². The van der Waals surface area contributed by atoms with Crippen molar-refractivity contribution >= 4 is 29.0 Å². The minimum absolute atomic E-state index is 0.196. The molecule has 6 nitrogen and oxygen atoms in total. The van der Waals surface area contributed by atoms with Crippen molar-refractivity contribution in [3.63, 3.8) is 0 Å². The Balaban J connectivity index is 1.75. The summed E-state index contributed by atoms with van der Waals surface area (Å²) in [6.07, 6.45) is 1.47. The first-order valence-electron chi connectivity index (χ1n) is 8.29. The van der Waals surface area contributed by atoms with Gasteiger partial charge in [-0.25, -0.2) is 14.8 Å². The molecule has 0 saturated heterocycles. The van der Waals surface area contributed by atoms with Crippen LogP contribution in [0.2, 0.25) is 5.28 Å². The normalized spacial score (nSPS) is 11.6. The molecule has 1 unspecified atom stereocenters. The van der Waals surface area contributed by atoms with Crippen LogP contribution in [0, 0.1) is 0 Å². The highest BCUT2D eigenvalue weighted by Crippen LogP contribution is 2.30. The summed E-state index contributed by atoms with van der Waals surface area (Å²) in [7, 11) is 1.53. The van der Waals surface area contributed by atoms with E-state index in [2.05, 4.69) is 15.3 Å². The third-order valence-electron chi connectivity index (χ3n) is 3.71. The molecular formula is C19H18ClN3O3S. The number of halogens is 1. The Morgan fingerprint density at radius 3 is 2.93 bits per heavy atom. The summed E-state index contributed by atoms with van der Waals surface area (Å²) >= 11 is 7.48. The lowest BCUT2D eigenvalue weighted by molar-refractivity contribution is 0.118. The number of carbonyl (C=O) groups is 1. The minimum atomic E-state index is -0.456. The number of nitrogens with one attached hydrogen (secondary N) is 1. The molecule has 0 aliphatic rings. The molecule has 0 bridgehead atoms. The molecule has 8 heteroatoms. The van der Waals surface area contributed by atoms with Gasteiger partial charge < -0.3 is 14.8 Å². The fraction of sp³-hybridized carbons (Fsp3) is 0.211. The van der Waals surface area contributed by atoms with Crippen LogP contribution in [0.4, 0.5) is 4.79 Å². The number of alkyl carbamates (subject to hydrolysis) is 1. The van der Waals surface area contributed by atoms with E-state index in [9.17, 15) is 4.79 Å². The van der Waals surface area contributed by atoms with Crippen LogP contribution in [0.1, 0.15) is 17.4 Å². The van der Waals surface area contributed by atoms with Gasteiger partial charge in [-0.2, -0.15) is 0 Å². The molecule has 2 aromatic heterocycles. The molecule has 1 aromatic carbocycles. The quantitative estimate of drug-likeness (QED) is 0.577. The summed E-state index contributed by atoms with van der Waals surface area (Å²) in [4.78, 5) is 20.5. The van der Waals surface area contributed by atoms with Crippen LogP contribution in [0.25, 0.3) is 11.3 Å². The van der Waals surface area contributed by atoms with Crippen molar-refractivity contribution in [3.05, 3.63) is 64.2 Å². The van der Waals surface area contributed by atoms with Gasteiger partial charge in [0.2, 0.25) is 5.28 Å². The molecule has 27 heavy (non-hydrogen) atoms. The zero-order chi connectivity index (χ0) is 19.1. The zero-order valence-corrected chi connectivity index (χ0v) is 16.2. The van der Waals surface area contributed by atoms with Gasteiger partial charge in [0.1, 0.15) is 11.9 Å². The maximum absolute atomic E-state index is 11.3. The van der Waals surface area contributed by atoms with Gasteiger partial charge in [0.15, 0.2) is 0 Å². The lowest BCUT2D eigenvalue weighted by atomic mass is 10.1. The lowest BCUT2D eigenvalue weighted by Gasteiger charge is -2.18. The number of rotatable bonds is 7. The Kier molecular flexibility index (Phi) is 6.62. The van der Waals surface area contributed by atoms with E-state index in [1.165, 1.54) is 7.05 Å². The van der Waals surface area contributed by atoms with Crippen LogP contribution < -0.4 is 10.1 Å². The third-order valence-corrected chi connectivity index (χ3v) is 4.86. The first kappa shape index (κ1) is 19.1. The second-order valence-electron chi connectivity index (χ2n) is 5.54. The average molecular weight is 404 g/mol. The summed E-state index contributed by atoms with van der Waals surface area (Å²) in [6.45, 7) is 0.253. The number of amides is 1. The van der Waals surface area contributed by atoms with Crippen molar-refractivity contribution in [1.82, 2.24) is 15.3 Å². The number of hydrogen-bond donors (Lipinski definition) is 1. The van der Waals surface area contributed by atoms with Gasteiger partial charge >= 0.3 is 6.09 Å². The predicted molar refractivity (Wildman–Crippen MR) is 105 cm³/mol. The Morgan fingerprint density at radius 2 is 2.19 bits per heavy atom. The largest absolute Gasteiger partial charge is 0.485 e. The smallest absolute Gasteiger partial charge is 0.406 e. The zero-order valence-electron chi connectivity index (χ0n) is 14.6. The molecule has 0 spiro atoms. The van der Waals surface area contributed by atoms with Crippen LogP contribution >= 0.6 is 22.9 Å². The Labute approximate surface area is 166 Å². The standard InChI is InChI=1S/C19H18ClN3O3S/c1-21-19(24)25-10-8-16(17-6-3-11-27-17)26-14-5-2-4-13(12-14)15-7-9-22-18(20)23-15/h2-7,9,11-12,16H,8,10H2,1H3,(H,21,24). The monoisotopic (exact) mass is 403 g/mol. The van der Waals surface area contributed by atoms with Crippen molar-refractivity contribution in [3.8, 4) is 17.0 Å². The van der Waals surface area contributed by atoms with Gasteiger partial charge in [-0.05, 0) is 41.2 Å². The van der Waals surface area contributed by atoms with Crippen LogP contribution in [-0.4, -0.2) is 29.7 Å². The highest BCUT2D eigenvalue weighted by molar-refractivity contribution is 7.10. The van der Waals surface area contributed by atoms with Crippen molar-refractivity contribution in [2.24, 2.45) is 0 Å². The topological polar surface area (TPSA) is 73.3 Å². The predicted octanol–water partition coefficient (Wildman–Crippen LogP) is 4.72. The maximum Gasteiger partial charge on any atom is 0.406 e. The molecule has 0 radical (unpaired) electrons. The number of thiophene rings is 1. The second-order valence-corrected chi connectivity index (χ2v) is 6.85. The Morgan fingerprint density at radius 1 is 1.30 bits per heavy atom. The fourth-order valence-electron chi connectivity index (χ4n) is 2.45. The molecule has 140 valence electrons. The number of carbonyl (C=O) groups excluding carboxylic acids is 1. The van der Waals surface area contributed by atoms with E-state index in [1.807, 2.05) is 41.8 Å². The summed E-state index contributed by atoms with van der Waals surface area (Å²) in [6, 6.07) is 13.4. The van der Waals surface area contributed by atoms with Gasteiger partial charge in [0.25, 0.3) is 0 Å². The van der Waals surface area contributed by atoms with E-state index in [4.69, 9.17) is 21.1 Å². The van der Waals surface area contributed by atoms with Crippen molar-refractivity contribution in [2.45, 2.75) is 12.5 Å². The van der Waals surface area contributed by atoms with Crippen LogP contribution in [0.5, 0.6) is 5.75 Å². The highest BCUT2D eigenvalue weighted by Gasteiger charge is 2.16. The Bertz CT molecular complexity index is 889. The Hall–Kier alpha value is -2.64. The molecule has 0 aliphatic carbocycles. The summed E-state index contributed by atoms with van der Waals surface area (Å²) in [5, 5.41) is 4.62. The molecule has 2 heterocycles. The molecular weight excluding hydrogens is 386 g/mol. The number of nitrogens with zero attached hydrogens (tertiary/aromatic N) is 2. The molecule has 1 amide bonds. The van der Waals surface area contributed by atoms with E-state index >= 15 is 0 Å². The van der Waals surface area contributed by atoms with Crippen LogP contribution in [0.3, 0.4) is 0 Å². The molecule has 1 N–H and O–H groups in total. The van der Waals surface area contributed by atoms with E-state index in [1.54, 1.807) is 23.6 Å². The third kappa shape index (κ3) is 5.42. The highest BCUT2D eigenvalue weighted by atomic mass is 35.5. The van der Waals surface area contributed by atoms with Gasteiger partial charge in [-0.3, -0.25) is 0 Å². The van der Waals surface area contributed by atoms with Crippen molar-refractivity contribution in [1.29, 1.82) is 0 Å².